The van der Waals surface area contributed by atoms with Crippen LogP contribution in [0.5, 0.6) is 5.75 Å². The Bertz CT molecular complexity index is 1120. The Morgan fingerprint density at radius 3 is 2.28 bits per heavy atom. The third-order valence-corrected chi connectivity index (χ3v) is 7.52. The molecular weight excluding hydrogens is 478 g/mol. The van der Waals surface area contributed by atoms with Gasteiger partial charge < -0.3 is 15.0 Å². The molecule has 2 amide bonds. The van der Waals surface area contributed by atoms with Gasteiger partial charge >= 0.3 is 0 Å². The molecule has 1 aliphatic rings. The zero-order valence-corrected chi connectivity index (χ0v) is 22.2. The molecule has 0 spiro atoms. The van der Waals surface area contributed by atoms with Crippen molar-refractivity contribution in [1.82, 2.24) is 10.2 Å². The number of carbonyl (C=O) groups excluding carboxylic acids is 2. The molecule has 1 saturated carbocycles. The first-order chi connectivity index (χ1) is 17.2. The zero-order valence-electron chi connectivity index (χ0n) is 21.4. The highest BCUT2D eigenvalue weighted by Crippen LogP contribution is 2.30. The van der Waals surface area contributed by atoms with Crippen LogP contribution in [0.2, 0.25) is 0 Å². The summed E-state index contributed by atoms with van der Waals surface area (Å²) >= 11 is 0. The molecule has 1 aliphatic carbocycles. The maximum absolute atomic E-state index is 13.8. The maximum atomic E-state index is 13.8. The number of para-hydroxylation sites is 2. The number of sulfonamides is 1. The molecule has 36 heavy (non-hydrogen) atoms. The van der Waals surface area contributed by atoms with E-state index in [1.54, 1.807) is 24.3 Å². The van der Waals surface area contributed by atoms with Gasteiger partial charge in [-0.15, -0.1) is 0 Å². The molecule has 9 heteroatoms. The Hall–Kier alpha value is -3.07. The van der Waals surface area contributed by atoms with E-state index in [0.717, 1.165) is 41.8 Å². The van der Waals surface area contributed by atoms with Crippen molar-refractivity contribution in [3.8, 4) is 5.75 Å². The summed E-state index contributed by atoms with van der Waals surface area (Å²) in [6.45, 7) is 3.78. The Balaban J connectivity index is 1.93. The average molecular weight is 516 g/mol. The van der Waals surface area contributed by atoms with Crippen LogP contribution in [-0.4, -0.2) is 56.6 Å². The minimum absolute atomic E-state index is 0.116. The van der Waals surface area contributed by atoms with E-state index in [9.17, 15) is 18.0 Å². The minimum atomic E-state index is -3.83. The summed E-state index contributed by atoms with van der Waals surface area (Å²) in [5, 5.41) is 3.11. The lowest BCUT2D eigenvalue weighted by Gasteiger charge is -2.33. The first-order valence-electron chi connectivity index (χ1n) is 12.6. The van der Waals surface area contributed by atoms with E-state index in [0.29, 0.717) is 24.5 Å². The van der Waals surface area contributed by atoms with Gasteiger partial charge in [-0.25, -0.2) is 8.42 Å². The van der Waals surface area contributed by atoms with Gasteiger partial charge in [0.2, 0.25) is 21.8 Å². The fraction of sp³-hybridized carbons (Fsp3) is 0.481. The van der Waals surface area contributed by atoms with Gasteiger partial charge in [0, 0.05) is 12.6 Å². The van der Waals surface area contributed by atoms with Crippen molar-refractivity contribution in [2.75, 3.05) is 23.7 Å². The first-order valence-corrected chi connectivity index (χ1v) is 14.4. The second-order valence-corrected chi connectivity index (χ2v) is 11.0. The van der Waals surface area contributed by atoms with E-state index in [-0.39, 0.29) is 18.5 Å². The lowest BCUT2D eigenvalue weighted by Crippen LogP contribution is -2.53. The minimum Gasteiger partial charge on any atom is -0.492 e. The molecule has 0 bridgehead atoms. The lowest BCUT2D eigenvalue weighted by molar-refractivity contribution is -0.140. The molecule has 0 aliphatic heterocycles. The van der Waals surface area contributed by atoms with Gasteiger partial charge in [0.1, 0.15) is 18.3 Å². The smallest absolute Gasteiger partial charge is 0.244 e. The largest absolute Gasteiger partial charge is 0.492 e. The highest BCUT2D eigenvalue weighted by Gasteiger charge is 2.33. The van der Waals surface area contributed by atoms with Gasteiger partial charge in [0.05, 0.1) is 18.6 Å². The van der Waals surface area contributed by atoms with Crippen LogP contribution in [-0.2, 0) is 26.2 Å². The number of hydrogen-bond donors (Lipinski definition) is 1. The van der Waals surface area contributed by atoms with Crippen LogP contribution in [0.4, 0.5) is 5.69 Å². The number of rotatable bonds is 12. The number of nitrogens with zero attached hydrogens (tertiary/aromatic N) is 2. The number of hydrogen-bond acceptors (Lipinski definition) is 5. The van der Waals surface area contributed by atoms with Crippen LogP contribution in [0.1, 0.15) is 51.5 Å². The van der Waals surface area contributed by atoms with Crippen molar-refractivity contribution in [2.45, 2.75) is 64.6 Å². The molecule has 0 saturated heterocycles. The molecule has 196 valence electrons. The number of carbonyl (C=O) groups is 2. The van der Waals surface area contributed by atoms with Crippen molar-refractivity contribution >= 4 is 27.5 Å². The van der Waals surface area contributed by atoms with E-state index in [1.165, 1.54) is 4.90 Å². The second kappa shape index (κ2) is 12.8. The van der Waals surface area contributed by atoms with Gasteiger partial charge in [0.25, 0.3) is 0 Å². The van der Waals surface area contributed by atoms with Crippen LogP contribution in [0.3, 0.4) is 0 Å². The van der Waals surface area contributed by atoms with Gasteiger partial charge in [-0.1, -0.05) is 62.2 Å². The predicted octanol–water partition coefficient (Wildman–Crippen LogP) is 3.72. The standard InChI is InChI=1S/C27H37N3O5S/c1-4-23(27(32)28-22-15-9-10-16-22)29(19-21-13-7-6-8-14-21)26(31)20-30(36(3,33)34)24-17-11-12-18-25(24)35-5-2/h6-8,11-14,17-18,22-23H,4-5,9-10,15-16,19-20H2,1-3H3,(H,28,32)/t23-/m0/s1. The average Bonchev–Trinajstić information content (AvgIpc) is 3.36. The normalized spacial score (nSPS) is 14.8. The van der Waals surface area contributed by atoms with Crippen LogP contribution in [0.15, 0.2) is 54.6 Å². The molecular formula is C27H37N3O5S. The van der Waals surface area contributed by atoms with Crippen molar-refractivity contribution in [3.63, 3.8) is 0 Å². The summed E-state index contributed by atoms with van der Waals surface area (Å²) < 4.78 is 32.3. The van der Waals surface area contributed by atoms with E-state index in [1.807, 2.05) is 44.2 Å². The Kier molecular flexibility index (Phi) is 9.75. The topological polar surface area (TPSA) is 96.0 Å². The number of nitrogens with one attached hydrogen (secondary N) is 1. The highest BCUT2D eigenvalue weighted by atomic mass is 32.2. The van der Waals surface area contributed by atoms with E-state index in [4.69, 9.17) is 4.74 Å². The number of ether oxygens (including phenoxy) is 1. The lowest BCUT2D eigenvalue weighted by atomic mass is 10.1. The van der Waals surface area contributed by atoms with Gasteiger partial charge in [0.15, 0.2) is 0 Å². The molecule has 1 N–H and O–H groups in total. The summed E-state index contributed by atoms with van der Waals surface area (Å²) in [6.07, 6.45) is 5.50. The van der Waals surface area contributed by atoms with Gasteiger partial charge in [-0.2, -0.15) is 0 Å². The monoisotopic (exact) mass is 515 g/mol. The third kappa shape index (κ3) is 7.22. The van der Waals surface area contributed by atoms with Crippen molar-refractivity contribution in [1.29, 1.82) is 0 Å². The summed E-state index contributed by atoms with van der Waals surface area (Å²) in [5.41, 5.74) is 1.15. The summed E-state index contributed by atoms with van der Waals surface area (Å²) in [6, 6.07) is 15.5. The molecule has 1 atom stereocenters. The Morgan fingerprint density at radius 2 is 1.67 bits per heavy atom. The molecule has 3 rings (SSSR count). The van der Waals surface area contributed by atoms with Crippen molar-refractivity contribution in [2.24, 2.45) is 0 Å². The first kappa shape index (κ1) is 27.5. The van der Waals surface area contributed by atoms with E-state index >= 15 is 0 Å². The van der Waals surface area contributed by atoms with E-state index < -0.39 is 28.5 Å². The van der Waals surface area contributed by atoms with Gasteiger partial charge in [-0.3, -0.25) is 13.9 Å². The maximum Gasteiger partial charge on any atom is 0.244 e. The van der Waals surface area contributed by atoms with Crippen molar-refractivity contribution < 1.29 is 22.7 Å². The molecule has 0 unspecified atom stereocenters. The van der Waals surface area contributed by atoms with Crippen LogP contribution in [0, 0.1) is 0 Å². The molecule has 1 fully saturated rings. The van der Waals surface area contributed by atoms with Crippen molar-refractivity contribution in [3.05, 3.63) is 60.2 Å². The number of benzene rings is 2. The quantitative estimate of drug-likeness (QED) is 0.465. The Morgan fingerprint density at radius 1 is 1.03 bits per heavy atom. The van der Waals surface area contributed by atoms with E-state index in [2.05, 4.69) is 5.32 Å². The number of anilines is 1. The third-order valence-electron chi connectivity index (χ3n) is 6.40. The highest BCUT2D eigenvalue weighted by molar-refractivity contribution is 7.92. The SMILES string of the molecule is CCOc1ccccc1N(CC(=O)N(Cc1ccccc1)[C@@H](CC)C(=O)NC1CCCC1)S(C)(=O)=O. The second-order valence-electron chi connectivity index (χ2n) is 9.09. The Labute approximate surface area is 214 Å². The van der Waals surface area contributed by atoms with Gasteiger partial charge in [-0.05, 0) is 43.9 Å². The molecule has 2 aromatic carbocycles. The summed E-state index contributed by atoms with van der Waals surface area (Å²) in [5.74, 6) is -0.280. The molecule has 8 nitrogen and oxygen atoms in total. The predicted molar refractivity (Wildman–Crippen MR) is 141 cm³/mol. The molecule has 0 radical (unpaired) electrons. The van der Waals surface area contributed by atoms with Crippen LogP contribution >= 0.6 is 0 Å². The fourth-order valence-corrected chi connectivity index (χ4v) is 5.46. The summed E-state index contributed by atoms with van der Waals surface area (Å²) in [7, 11) is -3.83. The molecule has 0 aromatic heterocycles. The number of amides is 2. The molecule has 0 heterocycles. The summed E-state index contributed by atoms with van der Waals surface area (Å²) in [4.78, 5) is 28.6. The van der Waals surface area contributed by atoms with Crippen LogP contribution in [0.25, 0.3) is 0 Å². The zero-order chi connectivity index (χ0) is 26.1. The van der Waals surface area contributed by atoms with Crippen LogP contribution < -0.4 is 14.4 Å². The molecule has 2 aromatic rings. The fourth-order valence-electron chi connectivity index (χ4n) is 4.60.